The molecular weight excluding hydrogens is 330 g/mol. The number of hydrogen-bond donors (Lipinski definition) is 1. The Morgan fingerprint density at radius 2 is 2.25 bits per heavy atom. The summed E-state index contributed by atoms with van der Waals surface area (Å²) in [4.78, 5) is 18.7. The highest BCUT2D eigenvalue weighted by Gasteiger charge is 2.29. The number of hydrogen-bond acceptors (Lipinski definition) is 5. The Morgan fingerprint density at radius 3 is 2.92 bits per heavy atom. The zero-order chi connectivity index (χ0) is 17.3. The zero-order valence-electron chi connectivity index (χ0n) is 13.8. The van der Waals surface area contributed by atoms with Gasteiger partial charge in [-0.05, 0) is 19.8 Å². The molecule has 0 radical (unpaired) electrons. The molecule has 0 saturated carbocycles. The molecule has 9 heteroatoms. The monoisotopic (exact) mass is 351 g/mol. The van der Waals surface area contributed by atoms with Crippen molar-refractivity contribution in [1.82, 2.24) is 24.6 Å². The Hall–Kier alpha value is -2.16. The molecule has 8 nitrogen and oxygen atoms in total. The Kier molecular flexibility index (Phi) is 4.44. The maximum atomic E-state index is 12.5. The number of carbonyl (C=O) groups excluding carboxylic acids is 1. The van der Waals surface area contributed by atoms with Gasteiger partial charge in [0.2, 0.25) is 5.91 Å². The van der Waals surface area contributed by atoms with Gasteiger partial charge < -0.3 is 9.47 Å². The van der Waals surface area contributed by atoms with E-state index in [9.17, 15) is 13.2 Å². The zero-order valence-corrected chi connectivity index (χ0v) is 14.6. The normalized spacial score (nSPS) is 18.8. The molecule has 1 fully saturated rings. The second kappa shape index (κ2) is 6.39. The van der Waals surface area contributed by atoms with Crippen LogP contribution in [0.2, 0.25) is 0 Å². The van der Waals surface area contributed by atoms with Crippen molar-refractivity contribution in [2.75, 3.05) is 19.3 Å². The Bertz CT molecular complexity index is 839. The van der Waals surface area contributed by atoms with Gasteiger partial charge in [0.1, 0.15) is 17.3 Å². The van der Waals surface area contributed by atoms with Crippen molar-refractivity contribution in [2.45, 2.75) is 37.1 Å². The van der Waals surface area contributed by atoms with Gasteiger partial charge in [0.25, 0.3) is 0 Å². The van der Waals surface area contributed by atoms with Gasteiger partial charge in [0, 0.05) is 37.7 Å². The quantitative estimate of drug-likeness (QED) is 0.875. The van der Waals surface area contributed by atoms with Crippen LogP contribution in [0.3, 0.4) is 0 Å². The molecule has 24 heavy (non-hydrogen) atoms. The minimum atomic E-state index is -3.33. The van der Waals surface area contributed by atoms with E-state index < -0.39 is 9.84 Å². The van der Waals surface area contributed by atoms with E-state index in [2.05, 4.69) is 15.2 Å². The molecule has 2 aromatic rings. The average molecular weight is 351 g/mol. The van der Waals surface area contributed by atoms with Crippen LogP contribution in [-0.2, 0) is 21.2 Å². The summed E-state index contributed by atoms with van der Waals surface area (Å²) in [6, 6.07) is 0. The molecule has 1 N–H and O–H groups in total. The van der Waals surface area contributed by atoms with Gasteiger partial charge in [-0.3, -0.25) is 9.89 Å². The lowest BCUT2D eigenvalue weighted by molar-refractivity contribution is -0.133. The van der Waals surface area contributed by atoms with Crippen molar-refractivity contribution in [2.24, 2.45) is 0 Å². The average Bonchev–Trinajstić information content (AvgIpc) is 3.17. The fourth-order valence-electron chi connectivity index (χ4n) is 3.13. The largest absolute Gasteiger partial charge is 0.340 e. The standard InChI is InChI=1S/C15H21N5O3S/c1-11-16-5-7-19(11)10-14(21)20-6-3-4-12(9-20)15-13(8-17-18-15)24(2,22)23/h5,7-8,12H,3-4,6,9-10H2,1-2H3,(H,17,18)/t12-/m1/s1. The Balaban J connectivity index is 1.74. The van der Waals surface area contributed by atoms with Crippen LogP contribution in [0.15, 0.2) is 23.5 Å². The number of aromatic amines is 1. The van der Waals surface area contributed by atoms with Crippen LogP contribution >= 0.6 is 0 Å². The minimum absolute atomic E-state index is 0.0150. The number of aryl methyl sites for hydroxylation is 1. The van der Waals surface area contributed by atoms with Crippen LogP contribution in [0.1, 0.15) is 30.3 Å². The highest BCUT2D eigenvalue weighted by atomic mass is 32.2. The van der Waals surface area contributed by atoms with Crippen molar-refractivity contribution in [3.8, 4) is 0 Å². The third kappa shape index (κ3) is 3.35. The highest BCUT2D eigenvalue weighted by molar-refractivity contribution is 7.90. The second-order valence-electron chi connectivity index (χ2n) is 6.20. The van der Waals surface area contributed by atoms with Gasteiger partial charge in [-0.15, -0.1) is 0 Å². The SMILES string of the molecule is Cc1nccn1CC(=O)N1CCC[C@@H](c2[nH]ncc2S(C)(=O)=O)C1. The van der Waals surface area contributed by atoms with E-state index in [1.54, 1.807) is 17.3 Å². The molecule has 1 aliphatic heterocycles. The van der Waals surface area contributed by atoms with E-state index in [1.165, 1.54) is 12.5 Å². The molecule has 0 spiro atoms. The Morgan fingerprint density at radius 1 is 1.46 bits per heavy atom. The van der Waals surface area contributed by atoms with Crippen LogP contribution in [-0.4, -0.2) is 58.3 Å². The molecule has 0 unspecified atom stereocenters. The smallest absolute Gasteiger partial charge is 0.242 e. The lowest BCUT2D eigenvalue weighted by Crippen LogP contribution is -2.41. The van der Waals surface area contributed by atoms with Crippen LogP contribution in [0.25, 0.3) is 0 Å². The van der Waals surface area contributed by atoms with Crippen molar-refractivity contribution >= 4 is 15.7 Å². The molecule has 3 rings (SSSR count). The van der Waals surface area contributed by atoms with Crippen LogP contribution in [0.5, 0.6) is 0 Å². The number of H-pyrrole nitrogens is 1. The van der Waals surface area contributed by atoms with Crippen molar-refractivity contribution in [1.29, 1.82) is 0 Å². The second-order valence-corrected chi connectivity index (χ2v) is 8.19. The molecule has 2 aromatic heterocycles. The summed E-state index contributed by atoms with van der Waals surface area (Å²) in [5.74, 6) is 0.768. The van der Waals surface area contributed by atoms with E-state index in [0.29, 0.717) is 18.8 Å². The highest BCUT2D eigenvalue weighted by Crippen LogP contribution is 2.29. The van der Waals surface area contributed by atoms with E-state index >= 15 is 0 Å². The number of sulfone groups is 1. The van der Waals surface area contributed by atoms with E-state index in [0.717, 1.165) is 18.7 Å². The van der Waals surface area contributed by atoms with Crippen molar-refractivity contribution in [3.05, 3.63) is 30.1 Å². The molecule has 1 amide bonds. The predicted octanol–water partition coefficient (Wildman–Crippen LogP) is 0.724. The topological polar surface area (TPSA) is 101 Å². The van der Waals surface area contributed by atoms with Crippen molar-refractivity contribution < 1.29 is 13.2 Å². The van der Waals surface area contributed by atoms with Crippen molar-refractivity contribution in [3.63, 3.8) is 0 Å². The number of nitrogens with one attached hydrogen (secondary N) is 1. The summed E-state index contributed by atoms with van der Waals surface area (Å²) in [5, 5.41) is 6.70. The van der Waals surface area contributed by atoms with E-state index in [1.807, 2.05) is 11.5 Å². The molecule has 1 atom stereocenters. The van der Waals surface area contributed by atoms with Crippen LogP contribution < -0.4 is 0 Å². The molecule has 3 heterocycles. The van der Waals surface area contributed by atoms with Gasteiger partial charge in [-0.25, -0.2) is 13.4 Å². The summed E-state index contributed by atoms with van der Waals surface area (Å²) in [6.07, 6.45) is 7.64. The molecule has 1 aliphatic rings. The van der Waals surface area contributed by atoms with E-state index in [4.69, 9.17) is 0 Å². The number of aromatic nitrogens is 4. The molecule has 0 bridgehead atoms. The summed E-state index contributed by atoms with van der Waals surface area (Å²) < 4.78 is 25.6. The lowest BCUT2D eigenvalue weighted by atomic mass is 9.95. The number of likely N-dealkylation sites (tertiary alicyclic amines) is 1. The van der Waals surface area contributed by atoms with Crippen LogP contribution in [0, 0.1) is 6.92 Å². The minimum Gasteiger partial charge on any atom is -0.340 e. The fraction of sp³-hybridized carbons (Fsp3) is 0.533. The molecule has 0 aliphatic carbocycles. The maximum Gasteiger partial charge on any atom is 0.242 e. The van der Waals surface area contributed by atoms with E-state index in [-0.39, 0.29) is 23.3 Å². The Labute approximate surface area is 140 Å². The van der Waals surface area contributed by atoms with Gasteiger partial charge in [-0.1, -0.05) is 0 Å². The summed E-state index contributed by atoms with van der Waals surface area (Å²) in [7, 11) is -3.33. The maximum absolute atomic E-state index is 12.5. The van der Waals surface area contributed by atoms with Gasteiger partial charge in [-0.2, -0.15) is 5.10 Å². The number of carbonyl (C=O) groups is 1. The fourth-order valence-corrected chi connectivity index (χ4v) is 3.98. The summed E-state index contributed by atoms with van der Waals surface area (Å²) >= 11 is 0. The number of amides is 1. The number of rotatable bonds is 4. The summed E-state index contributed by atoms with van der Waals surface area (Å²) in [5.41, 5.74) is 0.605. The molecule has 1 saturated heterocycles. The first kappa shape index (κ1) is 16.7. The number of nitrogens with zero attached hydrogens (tertiary/aromatic N) is 4. The number of piperidine rings is 1. The first-order valence-electron chi connectivity index (χ1n) is 7.85. The molecular formula is C15H21N5O3S. The third-order valence-electron chi connectivity index (χ3n) is 4.44. The molecule has 0 aromatic carbocycles. The molecule has 130 valence electrons. The predicted molar refractivity (Wildman–Crippen MR) is 87.2 cm³/mol. The summed E-state index contributed by atoms with van der Waals surface area (Å²) in [6.45, 7) is 3.29. The van der Waals surface area contributed by atoms with Gasteiger partial charge in [0.15, 0.2) is 9.84 Å². The first-order valence-corrected chi connectivity index (χ1v) is 9.74. The van der Waals surface area contributed by atoms with Gasteiger partial charge >= 0.3 is 0 Å². The third-order valence-corrected chi connectivity index (χ3v) is 5.57. The number of imidazole rings is 1. The van der Waals surface area contributed by atoms with Crippen LogP contribution in [0.4, 0.5) is 0 Å². The lowest BCUT2D eigenvalue weighted by Gasteiger charge is -2.32. The van der Waals surface area contributed by atoms with Gasteiger partial charge in [0.05, 0.1) is 11.9 Å². The first-order chi connectivity index (χ1) is 11.4.